The zero-order valence-corrected chi connectivity index (χ0v) is 4.90. The molecule has 0 aromatic heterocycles. The van der Waals surface area contributed by atoms with Gasteiger partial charge in [-0.25, -0.2) is 0 Å². The van der Waals surface area contributed by atoms with Crippen molar-refractivity contribution in [3.63, 3.8) is 0 Å². The molecule has 1 unspecified atom stereocenters. The van der Waals surface area contributed by atoms with Gasteiger partial charge in [-0.3, -0.25) is 0 Å². The maximum atomic E-state index is 8.91. The zero-order chi connectivity index (χ0) is 6.85. The largest absolute Gasteiger partial charge is 0.394 e. The van der Waals surface area contributed by atoms with Gasteiger partial charge >= 0.3 is 0 Å². The van der Waals surface area contributed by atoms with Gasteiger partial charge in [-0.1, -0.05) is 0 Å². The number of ether oxygens (including phenoxy) is 1. The van der Waals surface area contributed by atoms with Crippen molar-refractivity contribution >= 4 is 0 Å². The van der Waals surface area contributed by atoms with Gasteiger partial charge in [-0.05, 0) is 0 Å². The lowest BCUT2D eigenvalue weighted by atomic mass is 10.2. The smallest absolute Gasteiger partial charge is 0.157 e. The van der Waals surface area contributed by atoms with Crippen molar-refractivity contribution in [2.45, 2.75) is 24.9 Å². The Labute approximate surface area is 52.7 Å². The molecule has 0 bridgehead atoms. The molecule has 4 nitrogen and oxygen atoms in total. The molecule has 0 radical (unpaired) electrons. The zero-order valence-electron chi connectivity index (χ0n) is 4.90. The monoisotopic (exact) mass is 134 g/mol. The number of aliphatic hydroxyl groups excluding tert-OH is 3. The van der Waals surface area contributed by atoms with E-state index in [0.717, 1.165) is 0 Å². The molecule has 0 saturated carbocycles. The van der Waals surface area contributed by atoms with E-state index in [2.05, 4.69) is 4.74 Å². The lowest BCUT2D eigenvalue weighted by molar-refractivity contribution is -0.107. The van der Waals surface area contributed by atoms with Crippen LogP contribution in [0.5, 0.6) is 0 Å². The van der Waals surface area contributed by atoms with Crippen LogP contribution in [0.4, 0.5) is 0 Å². The van der Waals surface area contributed by atoms with Crippen LogP contribution in [0.15, 0.2) is 0 Å². The lowest BCUT2D eigenvalue weighted by Crippen LogP contribution is -2.24. The van der Waals surface area contributed by atoms with Gasteiger partial charge in [-0.2, -0.15) is 0 Å². The third-order valence-electron chi connectivity index (χ3n) is 1.38. The summed E-state index contributed by atoms with van der Waals surface area (Å²) in [5.74, 6) is 0. The molecule has 9 heavy (non-hydrogen) atoms. The Bertz CT molecular complexity index is 95.0. The molecule has 0 aliphatic carbocycles. The highest BCUT2D eigenvalue weighted by Gasteiger charge is 2.31. The molecule has 1 heterocycles. The van der Waals surface area contributed by atoms with Crippen LogP contribution < -0.4 is 0 Å². The van der Waals surface area contributed by atoms with E-state index < -0.39 is 18.5 Å². The second kappa shape index (κ2) is 2.62. The minimum Gasteiger partial charge on any atom is -0.394 e. The maximum absolute atomic E-state index is 8.91. The van der Waals surface area contributed by atoms with Crippen molar-refractivity contribution in [3.8, 4) is 0 Å². The molecule has 0 spiro atoms. The van der Waals surface area contributed by atoms with Gasteiger partial charge in [0.25, 0.3) is 0 Å². The molecule has 1 aliphatic heterocycles. The summed E-state index contributed by atoms with van der Waals surface area (Å²) in [4.78, 5) is 0. The van der Waals surface area contributed by atoms with Crippen LogP contribution >= 0.6 is 0 Å². The Morgan fingerprint density at radius 2 is 2.11 bits per heavy atom. The highest BCUT2D eigenvalue weighted by Crippen LogP contribution is 2.17. The molecule has 3 N–H and O–H groups in total. The third-order valence-corrected chi connectivity index (χ3v) is 1.38. The molecular formula is C5H10O4. The highest BCUT2D eigenvalue weighted by molar-refractivity contribution is 4.75. The van der Waals surface area contributed by atoms with Crippen molar-refractivity contribution in [1.29, 1.82) is 0 Å². The van der Waals surface area contributed by atoms with Gasteiger partial charge in [-0.15, -0.1) is 0 Å². The number of hydrogen-bond donors (Lipinski definition) is 3. The summed E-state index contributed by atoms with van der Waals surface area (Å²) in [6.07, 6.45) is -2.02. The summed E-state index contributed by atoms with van der Waals surface area (Å²) in [6.45, 7) is -0.238. The molecule has 1 rings (SSSR count). The summed E-state index contributed by atoms with van der Waals surface area (Å²) in [7, 11) is 0. The van der Waals surface area contributed by atoms with Crippen LogP contribution in [0.25, 0.3) is 0 Å². The fraction of sp³-hybridized carbons (Fsp3) is 1.00. The van der Waals surface area contributed by atoms with E-state index in [1.807, 2.05) is 0 Å². The number of aliphatic hydroxyl groups is 3. The van der Waals surface area contributed by atoms with E-state index in [4.69, 9.17) is 15.3 Å². The summed E-state index contributed by atoms with van der Waals surface area (Å²) in [6, 6.07) is 0. The minimum atomic E-state index is -0.905. The Hall–Kier alpha value is -0.160. The van der Waals surface area contributed by atoms with E-state index in [1.54, 1.807) is 0 Å². The first-order valence-corrected chi connectivity index (χ1v) is 2.86. The fourth-order valence-electron chi connectivity index (χ4n) is 0.871. The first-order chi connectivity index (χ1) is 4.24. The SMILES string of the molecule is OC[C@@H]1OC(O)C[C@@H]1O. The van der Waals surface area contributed by atoms with Gasteiger partial charge in [0.05, 0.1) is 12.7 Å². The Morgan fingerprint density at radius 3 is 2.33 bits per heavy atom. The summed E-state index contributed by atoms with van der Waals surface area (Å²) in [5, 5.41) is 26.1. The quantitative estimate of drug-likeness (QED) is 0.406. The second-order valence-corrected chi connectivity index (χ2v) is 2.11. The summed E-state index contributed by atoms with van der Waals surface area (Å²) in [5.41, 5.74) is 0. The molecule has 4 heteroatoms. The Morgan fingerprint density at radius 1 is 1.44 bits per heavy atom. The average molecular weight is 134 g/mol. The van der Waals surface area contributed by atoms with Gasteiger partial charge in [0, 0.05) is 6.42 Å². The predicted octanol–water partition coefficient (Wildman–Crippen LogP) is -1.55. The van der Waals surface area contributed by atoms with Gasteiger partial charge in [0.15, 0.2) is 6.29 Å². The first kappa shape index (κ1) is 6.95. The lowest BCUT2D eigenvalue weighted by Gasteiger charge is -2.08. The van der Waals surface area contributed by atoms with Crippen LogP contribution in [0.2, 0.25) is 0 Å². The molecule has 54 valence electrons. The van der Waals surface area contributed by atoms with Gasteiger partial charge in [0.1, 0.15) is 6.10 Å². The Kier molecular flexibility index (Phi) is 2.02. The summed E-state index contributed by atoms with van der Waals surface area (Å²) >= 11 is 0. The van der Waals surface area contributed by atoms with E-state index in [9.17, 15) is 0 Å². The van der Waals surface area contributed by atoms with Gasteiger partial charge < -0.3 is 20.1 Å². The second-order valence-electron chi connectivity index (χ2n) is 2.11. The van der Waals surface area contributed by atoms with E-state index in [0.29, 0.717) is 0 Å². The van der Waals surface area contributed by atoms with Crippen LogP contribution in [0, 0.1) is 0 Å². The average Bonchev–Trinajstić information content (AvgIpc) is 2.10. The Balaban J connectivity index is 2.38. The normalized spacial score (nSPS) is 43.7. The standard InChI is InChI=1S/C5H10O4/c6-2-4-3(7)1-5(8)9-4/h3-8H,1-2H2/t3-,4-,5?/m0/s1. The molecule has 1 aliphatic rings. The minimum absolute atomic E-state index is 0.200. The van der Waals surface area contributed by atoms with E-state index in [1.165, 1.54) is 0 Å². The molecule has 1 fully saturated rings. The van der Waals surface area contributed by atoms with E-state index >= 15 is 0 Å². The number of hydrogen-bond acceptors (Lipinski definition) is 4. The third kappa shape index (κ3) is 1.40. The highest BCUT2D eigenvalue weighted by atomic mass is 16.6. The molecule has 0 aromatic rings. The molecule has 0 amide bonds. The topological polar surface area (TPSA) is 69.9 Å². The van der Waals surface area contributed by atoms with Crippen LogP contribution in [0.3, 0.4) is 0 Å². The van der Waals surface area contributed by atoms with Crippen molar-refractivity contribution in [2.24, 2.45) is 0 Å². The predicted molar refractivity (Wildman–Crippen MR) is 28.6 cm³/mol. The van der Waals surface area contributed by atoms with Crippen molar-refractivity contribution in [1.82, 2.24) is 0 Å². The molecular weight excluding hydrogens is 124 g/mol. The first-order valence-electron chi connectivity index (χ1n) is 2.86. The molecule has 1 saturated heterocycles. The van der Waals surface area contributed by atoms with Gasteiger partial charge in [0.2, 0.25) is 0 Å². The van der Waals surface area contributed by atoms with Crippen molar-refractivity contribution < 1.29 is 20.1 Å². The maximum Gasteiger partial charge on any atom is 0.157 e. The van der Waals surface area contributed by atoms with Crippen LogP contribution in [0.1, 0.15) is 6.42 Å². The van der Waals surface area contributed by atoms with Crippen LogP contribution in [-0.2, 0) is 4.74 Å². The summed E-state index contributed by atoms with van der Waals surface area (Å²) < 4.78 is 4.68. The van der Waals surface area contributed by atoms with E-state index in [-0.39, 0.29) is 13.0 Å². The van der Waals surface area contributed by atoms with Crippen molar-refractivity contribution in [3.05, 3.63) is 0 Å². The van der Waals surface area contributed by atoms with Crippen LogP contribution in [-0.4, -0.2) is 40.4 Å². The molecule has 0 aromatic carbocycles. The van der Waals surface area contributed by atoms with Crippen molar-refractivity contribution in [2.75, 3.05) is 6.61 Å². The number of rotatable bonds is 1. The molecule has 3 atom stereocenters. The fourth-order valence-corrected chi connectivity index (χ4v) is 0.871.